The summed E-state index contributed by atoms with van der Waals surface area (Å²) in [6.07, 6.45) is 3.98. The number of pyridine rings is 1. The van der Waals surface area contributed by atoms with Crippen molar-refractivity contribution < 1.29 is 17.9 Å². The van der Waals surface area contributed by atoms with Gasteiger partial charge in [0.05, 0.1) is 24.2 Å². The molecule has 0 saturated carbocycles. The van der Waals surface area contributed by atoms with E-state index in [1.807, 2.05) is 47.1 Å². The maximum Gasteiger partial charge on any atom is 0.255 e. The topological polar surface area (TPSA) is 102 Å². The highest BCUT2D eigenvalue weighted by Gasteiger charge is 2.13. The highest BCUT2D eigenvalue weighted by atomic mass is 32.2. The van der Waals surface area contributed by atoms with Crippen LogP contribution in [0.2, 0.25) is 0 Å². The molecule has 2 N–H and O–H groups in total. The molecule has 2 aromatic carbocycles. The van der Waals surface area contributed by atoms with Crippen LogP contribution in [0.4, 0.5) is 11.4 Å². The van der Waals surface area contributed by atoms with Gasteiger partial charge in [0.25, 0.3) is 5.91 Å². The van der Waals surface area contributed by atoms with Gasteiger partial charge in [-0.1, -0.05) is 6.07 Å². The maximum atomic E-state index is 12.7. The molecular weight excluding hydrogens is 472 g/mol. The molecular formula is C24H24N4O4S2. The number of fused-ring (bicyclic) bond motifs is 1. The standard InChI is InChI=1S/C24H24N4O4S2/c1-3-34(30,31)27-21-12-9-18(14-22(21)32-2)26-24(29)17-7-10-20(11-8-17)33-16-19-15-28-13-5-4-6-23(28)25-19/h4-15,27H,3,16H2,1-2H3,(H,26,29). The molecule has 4 rings (SSSR count). The third-order valence-corrected chi connectivity index (χ3v) is 7.36. The fraction of sp³-hybridized carbons (Fsp3) is 0.167. The SMILES string of the molecule is CCS(=O)(=O)Nc1ccc(NC(=O)c2ccc(SCc3cn4ccccc4n3)cc2)cc1OC. The summed E-state index contributed by atoms with van der Waals surface area (Å²) >= 11 is 1.65. The van der Waals surface area contributed by atoms with Crippen LogP contribution in [-0.2, 0) is 15.8 Å². The molecule has 0 saturated heterocycles. The Hall–Kier alpha value is -3.50. The number of imidazole rings is 1. The Kier molecular flexibility index (Phi) is 7.09. The van der Waals surface area contributed by atoms with Gasteiger partial charge in [0.1, 0.15) is 11.4 Å². The second-order valence-electron chi connectivity index (χ2n) is 7.39. The van der Waals surface area contributed by atoms with E-state index >= 15 is 0 Å². The molecule has 176 valence electrons. The van der Waals surface area contributed by atoms with E-state index in [1.165, 1.54) is 7.11 Å². The second-order valence-corrected chi connectivity index (χ2v) is 10.4. The van der Waals surface area contributed by atoms with Gasteiger partial charge in [0.2, 0.25) is 10.0 Å². The summed E-state index contributed by atoms with van der Waals surface area (Å²) in [5.41, 5.74) is 3.21. The number of nitrogens with zero attached hydrogens (tertiary/aromatic N) is 2. The Labute approximate surface area is 202 Å². The molecule has 0 aliphatic carbocycles. The van der Waals surface area contributed by atoms with Crippen molar-refractivity contribution in [3.8, 4) is 5.75 Å². The Morgan fingerprint density at radius 3 is 2.62 bits per heavy atom. The van der Waals surface area contributed by atoms with Crippen molar-refractivity contribution in [3.05, 3.63) is 84.3 Å². The molecule has 34 heavy (non-hydrogen) atoms. The monoisotopic (exact) mass is 496 g/mol. The fourth-order valence-electron chi connectivity index (χ4n) is 3.21. The van der Waals surface area contributed by atoms with Crippen molar-refractivity contribution in [2.45, 2.75) is 17.6 Å². The normalized spacial score (nSPS) is 11.4. The first-order chi connectivity index (χ1) is 16.4. The molecule has 2 heterocycles. The highest BCUT2D eigenvalue weighted by molar-refractivity contribution is 7.98. The molecule has 0 bridgehead atoms. The zero-order valence-electron chi connectivity index (χ0n) is 18.7. The molecule has 2 aromatic heterocycles. The summed E-state index contributed by atoms with van der Waals surface area (Å²) in [4.78, 5) is 18.3. The van der Waals surface area contributed by atoms with Crippen molar-refractivity contribution in [2.24, 2.45) is 0 Å². The van der Waals surface area contributed by atoms with Gasteiger partial charge in [-0.2, -0.15) is 0 Å². The number of ether oxygens (including phenoxy) is 1. The average Bonchev–Trinajstić information content (AvgIpc) is 3.27. The van der Waals surface area contributed by atoms with Crippen molar-refractivity contribution >= 4 is 44.7 Å². The van der Waals surface area contributed by atoms with Crippen LogP contribution in [0.15, 0.2) is 78.0 Å². The molecule has 0 spiro atoms. The largest absolute Gasteiger partial charge is 0.494 e. The summed E-state index contributed by atoms with van der Waals surface area (Å²) in [6, 6.07) is 18.0. The summed E-state index contributed by atoms with van der Waals surface area (Å²) in [6.45, 7) is 1.55. The zero-order chi connectivity index (χ0) is 24.1. The van der Waals surface area contributed by atoms with Gasteiger partial charge in [-0.15, -0.1) is 11.8 Å². The molecule has 8 nitrogen and oxygen atoms in total. The van der Waals surface area contributed by atoms with E-state index in [4.69, 9.17) is 4.74 Å². The fourth-order valence-corrected chi connectivity index (χ4v) is 4.64. The number of carbonyl (C=O) groups excluding carboxylic acids is 1. The number of anilines is 2. The number of benzene rings is 2. The number of hydrogen-bond acceptors (Lipinski definition) is 6. The number of nitrogens with one attached hydrogen (secondary N) is 2. The zero-order valence-corrected chi connectivity index (χ0v) is 20.3. The van der Waals surface area contributed by atoms with E-state index < -0.39 is 10.0 Å². The number of hydrogen-bond donors (Lipinski definition) is 2. The Bertz CT molecular complexity index is 1380. The molecule has 10 heteroatoms. The molecule has 0 fully saturated rings. The third-order valence-electron chi connectivity index (χ3n) is 5.02. The number of carbonyl (C=O) groups is 1. The Balaban J connectivity index is 1.38. The maximum absolute atomic E-state index is 12.7. The van der Waals surface area contributed by atoms with Crippen LogP contribution in [0.25, 0.3) is 5.65 Å². The summed E-state index contributed by atoms with van der Waals surface area (Å²) in [5.74, 6) is 0.706. The lowest BCUT2D eigenvalue weighted by Gasteiger charge is -2.13. The van der Waals surface area contributed by atoms with Gasteiger partial charge in [-0.25, -0.2) is 13.4 Å². The van der Waals surface area contributed by atoms with Crippen molar-refractivity contribution in [2.75, 3.05) is 22.9 Å². The predicted octanol–water partition coefficient (Wildman–Crippen LogP) is 4.65. The smallest absolute Gasteiger partial charge is 0.255 e. The van der Waals surface area contributed by atoms with Gasteiger partial charge >= 0.3 is 0 Å². The lowest BCUT2D eigenvalue weighted by molar-refractivity contribution is 0.102. The lowest BCUT2D eigenvalue weighted by Crippen LogP contribution is -2.16. The molecule has 0 aliphatic heterocycles. The molecule has 0 atom stereocenters. The number of methoxy groups -OCH3 is 1. The number of thioether (sulfide) groups is 1. The Morgan fingerprint density at radius 1 is 1.12 bits per heavy atom. The van der Waals surface area contributed by atoms with Crippen LogP contribution >= 0.6 is 11.8 Å². The van der Waals surface area contributed by atoms with Gasteiger partial charge in [-0.3, -0.25) is 9.52 Å². The van der Waals surface area contributed by atoms with Gasteiger partial charge in [0.15, 0.2) is 0 Å². The lowest BCUT2D eigenvalue weighted by atomic mass is 10.2. The van der Waals surface area contributed by atoms with Gasteiger partial charge < -0.3 is 14.5 Å². The van der Waals surface area contributed by atoms with Crippen LogP contribution in [0.1, 0.15) is 23.0 Å². The average molecular weight is 497 g/mol. The summed E-state index contributed by atoms with van der Waals surface area (Å²) in [5, 5.41) is 2.81. The van der Waals surface area contributed by atoms with Crippen LogP contribution in [-0.4, -0.2) is 36.6 Å². The van der Waals surface area contributed by atoms with Crippen LogP contribution in [0, 0.1) is 0 Å². The van der Waals surface area contributed by atoms with Crippen molar-refractivity contribution in [1.29, 1.82) is 0 Å². The molecule has 0 aliphatic rings. The van der Waals surface area contributed by atoms with Gasteiger partial charge in [-0.05, 0) is 55.5 Å². The van der Waals surface area contributed by atoms with E-state index in [-0.39, 0.29) is 11.7 Å². The van der Waals surface area contributed by atoms with Crippen molar-refractivity contribution in [1.82, 2.24) is 9.38 Å². The minimum atomic E-state index is -3.44. The minimum absolute atomic E-state index is 0.0537. The highest BCUT2D eigenvalue weighted by Crippen LogP contribution is 2.29. The molecule has 4 aromatic rings. The first-order valence-electron chi connectivity index (χ1n) is 10.5. The van der Waals surface area contributed by atoms with E-state index in [1.54, 1.807) is 49.0 Å². The van der Waals surface area contributed by atoms with E-state index in [9.17, 15) is 13.2 Å². The number of rotatable bonds is 9. The Morgan fingerprint density at radius 2 is 1.91 bits per heavy atom. The van der Waals surface area contributed by atoms with Crippen LogP contribution in [0.5, 0.6) is 5.75 Å². The number of sulfonamides is 1. The van der Waals surface area contributed by atoms with Crippen LogP contribution in [0.3, 0.4) is 0 Å². The second kappa shape index (κ2) is 10.2. The molecule has 1 amide bonds. The number of amides is 1. The van der Waals surface area contributed by atoms with E-state index in [0.29, 0.717) is 22.7 Å². The first kappa shape index (κ1) is 23.7. The minimum Gasteiger partial charge on any atom is -0.494 e. The van der Waals surface area contributed by atoms with Crippen molar-refractivity contribution in [3.63, 3.8) is 0 Å². The third kappa shape index (κ3) is 5.70. The quantitative estimate of drug-likeness (QED) is 0.327. The predicted molar refractivity (Wildman–Crippen MR) is 135 cm³/mol. The number of aromatic nitrogens is 2. The molecule has 0 radical (unpaired) electrons. The summed E-state index contributed by atoms with van der Waals surface area (Å²) < 4.78 is 33.4. The van der Waals surface area contributed by atoms with Crippen LogP contribution < -0.4 is 14.8 Å². The van der Waals surface area contributed by atoms with E-state index in [0.717, 1.165) is 22.0 Å². The molecule has 0 unspecified atom stereocenters. The van der Waals surface area contributed by atoms with Gasteiger partial charge in [0, 0.05) is 40.4 Å². The summed E-state index contributed by atoms with van der Waals surface area (Å²) in [7, 11) is -2.00. The first-order valence-corrected chi connectivity index (χ1v) is 13.2. The van der Waals surface area contributed by atoms with E-state index in [2.05, 4.69) is 15.0 Å².